The summed E-state index contributed by atoms with van der Waals surface area (Å²) in [5, 5.41) is 0.712. The van der Waals surface area contributed by atoms with Crippen molar-refractivity contribution < 1.29 is 4.79 Å². The number of para-hydroxylation sites is 1. The van der Waals surface area contributed by atoms with Crippen LogP contribution in [0.4, 0.5) is 5.13 Å². The number of thiazole rings is 1. The highest BCUT2D eigenvalue weighted by atomic mass is 32.1. The van der Waals surface area contributed by atoms with Gasteiger partial charge in [-0.25, -0.2) is 4.98 Å². The molecular weight excluding hydrogens is 378 g/mol. The maximum absolute atomic E-state index is 13.4. The van der Waals surface area contributed by atoms with Crippen LogP contribution in [0.3, 0.4) is 0 Å². The molecule has 0 aliphatic heterocycles. The van der Waals surface area contributed by atoms with Crippen molar-refractivity contribution in [3.63, 3.8) is 0 Å². The van der Waals surface area contributed by atoms with Crippen molar-refractivity contribution in [1.29, 1.82) is 0 Å². The number of carbonyl (C=O) groups excluding carboxylic acids is 1. The van der Waals surface area contributed by atoms with E-state index < -0.39 is 0 Å². The lowest BCUT2D eigenvalue weighted by Gasteiger charge is -2.21. The van der Waals surface area contributed by atoms with E-state index in [1.54, 1.807) is 22.4 Å². The first-order valence-electron chi connectivity index (χ1n) is 9.64. The molecule has 0 N–H and O–H groups in total. The van der Waals surface area contributed by atoms with Crippen LogP contribution in [0, 0.1) is 20.8 Å². The van der Waals surface area contributed by atoms with Crippen molar-refractivity contribution in [2.45, 2.75) is 33.7 Å². The van der Waals surface area contributed by atoms with Crippen LogP contribution in [-0.2, 0) is 17.8 Å². The largest absolute Gasteiger partial charge is 0.282 e. The lowest BCUT2D eigenvalue weighted by atomic mass is 9.97. The number of anilines is 1. The van der Waals surface area contributed by atoms with Gasteiger partial charge in [-0.1, -0.05) is 47.2 Å². The Bertz CT molecular complexity index is 1110. The van der Waals surface area contributed by atoms with Crippen LogP contribution in [0.1, 0.15) is 27.9 Å². The third-order valence-electron chi connectivity index (χ3n) is 5.03. The standard InChI is InChI=1S/C24H23N3OS/c1-16-12-17(2)20(18(3)13-16)14-23(28)27(15-19-8-6-7-11-25-19)24-26-21-9-4-5-10-22(21)29-24/h4-13H,14-15H2,1-3H3. The van der Waals surface area contributed by atoms with Gasteiger partial charge in [0, 0.05) is 6.20 Å². The van der Waals surface area contributed by atoms with Gasteiger partial charge in [0.1, 0.15) is 0 Å². The number of aryl methyl sites for hydroxylation is 3. The SMILES string of the molecule is Cc1cc(C)c(CC(=O)N(Cc2ccccn2)c2nc3ccccc3s2)c(C)c1. The monoisotopic (exact) mass is 401 g/mol. The number of pyridine rings is 1. The fraction of sp³-hybridized carbons (Fsp3) is 0.208. The van der Waals surface area contributed by atoms with E-state index in [9.17, 15) is 4.79 Å². The van der Waals surface area contributed by atoms with Crippen LogP contribution in [0.15, 0.2) is 60.8 Å². The van der Waals surface area contributed by atoms with Gasteiger partial charge in [0.15, 0.2) is 5.13 Å². The molecule has 0 radical (unpaired) electrons. The Morgan fingerprint density at radius 1 is 1.00 bits per heavy atom. The number of fused-ring (bicyclic) bond motifs is 1. The maximum atomic E-state index is 13.4. The molecule has 2 aromatic carbocycles. The van der Waals surface area contributed by atoms with Gasteiger partial charge in [-0.15, -0.1) is 0 Å². The third kappa shape index (κ3) is 4.20. The predicted octanol–water partition coefficient (Wildman–Crippen LogP) is 5.39. The first kappa shape index (κ1) is 19.3. The molecule has 146 valence electrons. The quantitative estimate of drug-likeness (QED) is 0.450. The van der Waals surface area contributed by atoms with E-state index in [4.69, 9.17) is 4.98 Å². The van der Waals surface area contributed by atoms with Crippen LogP contribution < -0.4 is 4.90 Å². The molecule has 2 aromatic heterocycles. The van der Waals surface area contributed by atoms with E-state index in [-0.39, 0.29) is 5.91 Å². The second kappa shape index (κ2) is 8.13. The topological polar surface area (TPSA) is 46.1 Å². The van der Waals surface area contributed by atoms with Crippen molar-refractivity contribution in [3.8, 4) is 0 Å². The van der Waals surface area contributed by atoms with Crippen LogP contribution in [0.25, 0.3) is 10.2 Å². The van der Waals surface area contributed by atoms with Gasteiger partial charge < -0.3 is 0 Å². The zero-order chi connectivity index (χ0) is 20.4. The van der Waals surface area contributed by atoms with Gasteiger partial charge in [-0.05, 0) is 61.7 Å². The molecule has 0 atom stereocenters. The fourth-order valence-corrected chi connectivity index (χ4v) is 4.61. The van der Waals surface area contributed by atoms with Crippen LogP contribution >= 0.6 is 11.3 Å². The van der Waals surface area contributed by atoms with Crippen molar-refractivity contribution in [2.24, 2.45) is 0 Å². The molecule has 0 saturated carbocycles. The fourth-order valence-electron chi connectivity index (χ4n) is 3.63. The van der Waals surface area contributed by atoms with Crippen LogP contribution in [-0.4, -0.2) is 15.9 Å². The van der Waals surface area contributed by atoms with E-state index in [2.05, 4.69) is 37.9 Å². The number of amides is 1. The summed E-state index contributed by atoms with van der Waals surface area (Å²) >= 11 is 1.54. The minimum Gasteiger partial charge on any atom is -0.282 e. The molecule has 0 aliphatic rings. The van der Waals surface area contributed by atoms with Crippen molar-refractivity contribution in [2.75, 3.05) is 4.90 Å². The lowest BCUT2D eigenvalue weighted by molar-refractivity contribution is -0.118. The predicted molar refractivity (Wildman–Crippen MR) is 119 cm³/mol. The summed E-state index contributed by atoms with van der Waals surface area (Å²) in [6.45, 7) is 6.64. The molecule has 0 bridgehead atoms. The molecular formula is C24H23N3OS. The van der Waals surface area contributed by atoms with E-state index in [0.717, 1.165) is 32.6 Å². The zero-order valence-electron chi connectivity index (χ0n) is 16.8. The Morgan fingerprint density at radius 2 is 1.72 bits per heavy atom. The second-order valence-electron chi connectivity index (χ2n) is 7.32. The summed E-state index contributed by atoms with van der Waals surface area (Å²) in [6.07, 6.45) is 2.10. The van der Waals surface area contributed by atoms with E-state index in [1.807, 2.05) is 42.5 Å². The summed E-state index contributed by atoms with van der Waals surface area (Å²) in [7, 11) is 0. The Morgan fingerprint density at radius 3 is 2.41 bits per heavy atom. The summed E-state index contributed by atoms with van der Waals surface area (Å²) in [6, 6.07) is 18.0. The number of rotatable bonds is 5. The Labute approximate surface area is 174 Å². The molecule has 4 rings (SSSR count). The highest BCUT2D eigenvalue weighted by Gasteiger charge is 2.22. The van der Waals surface area contributed by atoms with Gasteiger partial charge in [0.05, 0.1) is 28.9 Å². The van der Waals surface area contributed by atoms with Crippen molar-refractivity contribution in [1.82, 2.24) is 9.97 Å². The van der Waals surface area contributed by atoms with Crippen molar-refractivity contribution >= 4 is 32.6 Å². The zero-order valence-corrected chi connectivity index (χ0v) is 17.7. The average Bonchev–Trinajstić information content (AvgIpc) is 3.13. The number of aromatic nitrogens is 2. The molecule has 29 heavy (non-hydrogen) atoms. The number of benzene rings is 2. The maximum Gasteiger partial charge on any atom is 0.233 e. The lowest BCUT2D eigenvalue weighted by Crippen LogP contribution is -2.32. The smallest absolute Gasteiger partial charge is 0.233 e. The average molecular weight is 402 g/mol. The van der Waals surface area contributed by atoms with E-state index >= 15 is 0 Å². The van der Waals surface area contributed by atoms with Crippen LogP contribution in [0.5, 0.6) is 0 Å². The number of nitrogens with zero attached hydrogens (tertiary/aromatic N) is 3. The normalized spacial score (nSPS) is 11.0. The first-order chi connectivity index (χ1) is 14.0. The van der Waals surface area contributed by atoms with Gasteiger partial charge in [0.2, 0.25) is 5.91 Å². The molecule has 4 nitrogen and oxygen atoms in total. The van der Waals surface area contributed by atoms with E-state index in [0.29, 0.717) is 18.1 Å². The molecule has 0 saturated heterocycles. The van der Waals surface area contributed by atoms with E-state index in [1.165, 1.54) is 5.56 Å². The molecule has 4 aromatic rings. The number of carbonyl (C=O) groups is 1. The Kier molecular flexibility index (Phi) is 5.41. The first-order valence-corrected chi connectivity index (χ1v) is 10.5. The molecule has 0 unspecified atom stereocenters. The van der Waals surface area contributed by atoms with Gasteiger partial charge in [-0.3, -0.25) is 14.7 Å². The summed E-state index contributed by atoms with van der Waals surface area (Å²) in [4.78, 5) is 24.4. The third-order valence-corrected chi connectivity index (χ3v) is 6.09. The number of hydrogen-bond acceptors (Lipinski definition) is 4. The summed E-state index contributed by atoms with van der Waals surface area (Å²) < 4.78 is 1.07. The molecule has 0 spiro atoms. The second-order valence-corrected chi connectivity index (χ2v) is 8.33. The van der Waals surface area contributed by atoms with Gasteiger partial charge >= 0.3 is 0 Å². The van der Waals surface area contributed by atoms with Gasteiger partial charge in [-0.2, -0.15) is 0 Å². The number of hydrogen-bond donors (Lipinski definition) is 0. The Balaban J connectivity index is 1.70. The summed E-state index contributed by atoms with van der Waals surface area (Å²) in [5.41, 5.74) is 6.36. The molecule has 0 aliphatic carbocycles. The molecule has 1 amide bonds. The van der Waals surface area contributed by atoms with Crippen molar-refractivity contribution in [3.05, 3.63) is 88.7 Å². The molecule has 0 fully saturated rings. The summed E-state index contributed by atoms with van der Waals surface area (Å²) in [5.74, 6) is 0.0322. The highest BCUT2D eigenvalue weighted by molar-refractivity contribution is 7.22. The molecule has 5 heteroatoms. The Hall–Kier alpha value is -3.05. The van der Waals surface area contributed by atoms with Gasteiger partial charge in [0.25, 0.3) is 0 Å². The minimum atomic E-state index is 0.0322. The minimum absolute atomic E-state index is 0.0322. The van der Waals surface area contributed by atoms with Crippen LogP contribution in [0.2, 0.25) is 0 Å². The highest BCUT2D eigenvalue weighted by Crippen LogP contribution is 2.30. The molecule has 2 heterocycles.